The van der Waals surface area contributed by atoms with Crippen molar-refractivity contribution in [2.75, 3.05) is 16.3 Å². The van der Waals surface area contributed by atoms with Gasteiger partial charge >= 0.3 is 0 Å². The molecule has 4 rings (SSSR count). The average Bonchev–Trinajstić information content (AvgIpc) is 2.77. The van der Waals surface area contributed by atoms with E-state index in [2.05, 4.69) is 0 Å². The number of aryl methyl sites for hydroxylation is 2. The summed E-state index contributed by atoms with van der Waals surface area (Å²) in [5, 5.41) is 0. The van der Waals surface area contributed by atoms with Crippen LogP contribution in [0.3, 0.4) is 0 Å². The van der Waals surface area contributed by atoms with Crippen LogP contribution >= 0.6 is 0 Å². The molecular weight excluding hydrogens is 384 g/mol. The van der Waals surface area contributed by atoms with Crippen LogP contribution in [0.25, 0.3) is 6.08 Å². The van der Waals surface area contributed by atoms with E-state index in [1.165, 1.54) is 0 Å². The number of hydrogen-bond donors (Lipinski definition) is 0. The van der Waals surface area contributed by atoms with Crippen molar-refractivity contribution >= 4 is 29.3 Å². The van der Waals surface area contributed by atoms with Gasteiger partial charge in [0.2, 0.25) is 5.91 Å². The lowest BCUT2D eigenvalue weighted by molar-refractivity contribution is -0.127. The molecule has 31 heavy (non-hydrogen) atoms. The van der Waals surface area contributed by atoms with Gasteiger partial charge in [0.25, 0.3) is 5.91 Å². The number of amides is 2. The van der Waals surface area contributed by atoms with Crippen LogP contribution in [0.15, 0.2) is 84.4 Å². The molecule has 3 aromatic carbocycles. The smallest absolute Gasteiger partial charge is 0.254 e. The standard InChI is InChI=1S/C27H26N2O2/c1-19-13-15-23(16-14-19)29-25(30)18-28(24-12-8-7-9-20(24)2)27(31)26(29)21(3)17-22-10-5-4-6-11-22/h4-17,26H,18H2,1-3H3/b21-17+. The fourth-order valence-corrected chi connectivity index (χ4v) is 4.05. The maximum atomic E-state index is 13.8. The molecule has 0 N–H and O–H groups in total. The first-order valence-corrected chi connectivity index (χ1v) is 10.4. The molecule has 1 saturated heterocycles. The quantitative estimate of drug-likeness (QED) is 0.596. The summed E-state index contributed by atoms with van der Waals surface area (Å²) in [4.78, 5) is 30.5. The number of benzene rings is 3. The van der Waals surface area contributed by atoms with Crippen LogP contribution in [0.1, 0.15) is 23.6 Å². The minimum atomic E-state index is -0.705. The SMILES string of the molecule is C/C(=C\c1ccccc1)C1C(=O)N(c2ccccc2C)CC(=O)N1c1ccc(C)cc1. The van der Waals surface area contributed by atoms with E-state index in [0.717, 1.165) is 33.6 Å². The van der Waals surface area contributed by atoms with Crippen molar-refractivity contribution in [2.24, 2.45) is 0 Å². The van der Waals surface area contributed by atoms with Gasteiger partial charge in [-0.1, -0.05) is 72.3 Å². The molecule has 1 atom stereocenters. The van der Waals surface area contributed by atoms with Gasteiger partial charge in [-0.15, -0.1) is 0 Å². The normalized spacial score (nSPS) is 17.3. The molecule has 4 nitrogen and oxygen atoms in total. The number of piperazine rings is 1. The second kappa shape index (κ2) is 8.60. The summed E-state index contributed by atoms with van der Waals surface area (Å²) in [5.41, 5.74) is 5.41. The van der Waals surface area contributed by atoms with Gasteiger partial charge in [0.15, 0.2) is 0 Å². The highest BCUT2D eigenvalue weighted by molar-refractivity contribution is 6.16. The van der Waals surface area contributed by atoms with Gasteiger partial charge in [-0.2, -0.15) is 0 Å². The Morgan fingerprint density at radius 3 is 2.19 bits per heavy atom. The topological polar surface area (TPSA) is 40.6 Å². The third kappa shape index (κ3) is 4.15. The summed E-state index contributed by atoms with van der Waals surface area (Å²) in [6, 6.07) is 24.6. The van der Waals surface area contributed by atoms with Crippen LogP contribution in [0.4, 0.5) is 11.4 Å². The Morgan fingerprint density at radius 1 is 0.871 bits per heavy atom. The largest absolute Gasteiger partial charge is 0.301 e. The van der Waals surface area contributed by atoms with Crippen LogP contribution in [-0.4, -0.2) is 24.4 Å². The lowest BCUT2D eigenvalue weighted by atomic mass is 9.98. The Hall–Kier alpha value is -3.66. The predicted molar refractivity (Wildman–Crippen MR) is 126 cm³/mol. The van der Waals surface area contributed by atoms with Gasteiger partial charge in [-0.25, -0.2) is 0 Å². The van der Waals surface area contributed by atoms with Gasteiger partial charge in [-0.3, -0.25) is 14.5 Å². The first-order chi connectivity index (χ1) is 15.0. The Balaban J connectivity index is 1.81. The second-order valence-corrected chi connectivity index (χ2v) is 8.01. The number of carbonyl (C=O) groups excluding carboxylic acids is 2. The van der Waals surface area contributed by atoms with Gasteiger partial charge in [-0.05, 0) is 55.7 Å². The molecule has 1 fully saturated rings. The second-order valence-electron chi connectivity index (χ2n) is 8.01. The average molecular weight is 411 g/mol. The highest BCUT2D eigenvalue weighted by Gasteiger charge is 2.42. The van der Waals surface area contributed by atoms with Crippen LogP contribution in [-0.2, 0) is 9.59 Å². The summed E-state index contributed by atoms with van der Waals surface area (Å²) in [5.74, 6) is -0.198. The fourth-order valence-electron chi connectivity index (χ4n) is 4.05. The van der Waals surface area contributed by atoms with Crippen LogP contribution in [0.5, 0.6) is 0 Å². The van der Waals surface area contributed by atoms with E-state index >= 15 is 0 Å². The number of rotatable bonds is 4. The van der Waals surface area contributed by atoms with Crippen molar-refractivity contribution in [2.45, 2.75) is 26.8 Å². The Bertz CT molecular complexity index is 1130. The molecule has 3 aromatic rings. The zero-order valence-corrected chi connectivity index (χ0v) is 18.1. The lowest BCUT2D eigenvalue weighted by Crippen LogP contribution is -2.61. The molecule has 1 aliphatic rings. The predicted octanol–water partition coefficient (Wildman–Crippen LogP) is 5.16. The number of carbonyl (C=O) groups is 2. The van der Waals surface area contributed by atoms with E-state index in [1.807, 2.05) is 106 Å². The molecule has 1 aliphatic heterocycles. The van der Waals surface area contributed by atoms with E-state index in [1.54, 1.807) is 9.80 Å². The number of nitrogens with zero attached hydrogens (tertiary/aromatic N) is 2. The van der Waals surface area contributed by atoms with Gasteiger partial charge in [0, 0.05) is 11.4 Å². The van der Waals surface area contributed by atoms with Gasteiger partial charge < -0.3 is 4.90 Å². The summed E-state index contributed by atoms with van der Waals surface area (Å²) in [6.45, 7) is 5.91. The molecule has 0 aromatic heterocycles. The third-order valence-electron chi connectivity index (χ3n) is 5.66. The molecule has 0 saturated carbocycles. The van der Waals surface area contributed by atoms with Crippen LogP contribution in [0.2, 0.25) is 0 Å². The summed E-state index contributed by atoms with van der Waals surface area (Å²) in [6.07, 6.45) is 1.98. The molecule has 0 radical (unpaired) electrons. The maximum Gasteiger partial charge on any atom is 0.254 e. The highest BCUT2D eigenvalue weighted by Crippen LogP contribution is 2.31. The lowest BCUT2D eigenvalue weighted by Gasteiger charge is -2.41. The zero-order chi connectivity index (χ0) is 22.0. The van der Waals surface area contributed by atoms with Crippen molar-refractivity contribution in [1.82, 2.24) is 0 Å². The maximum absolute atomic E-state index is 13.8. The fraction of sp³-hybridized carbons (Fsp3) is 0.185. The van der Waals surface area contributed by atoms with Crippen LogP contribution < -0.4 is 9.80 Å². The van der Waals surface area contributed by atoms with Crippen molar-refractivity contribution < 1.29 is 9.59 Å². The first-order valence-electron chi connectivity index (χ1n) is 10.4. The van der Waals surface area contributed by atoms with Gasteiger partial charge in [0.05, 0.1) is 0 Å². The Morgan fingerprint density at radius 2 is 1.52 bits per heavy atom. The number of hydrogen-bond acceptors (Lipinski definition) is 2. The van der Waals surface area contributed by atoms with E-state index in [9.17, 15) is 9.59 Å². The molecule has 1 unspecified atom stereocenters. The summed E-state index contributed by atoms with van der Waals surface area (Å²) in [7, 11) is 0. The van der Waals surface area contributed by atoms with Crippen molar-refractivity contribution in [3.05, 3.63) is 101 Å². The van der Waals surface area contributed by atoms with Crippen molar-refractivity contribution in [3.63, 3.8) is 0 Å². The van der Waals surface area contributed by atoms with E-state index in [-0.39, 0.29) is 18.4 Å². The molecule has 2 amide bonds. The molecule has 0 bridgehead atoms. The van der Waals surface area contributed by atoms with E-state index in [0.29, 0.717) is 0 Å². The van der Waals surface area contributed by atoms with E-state index < -0.39 is 6.04 Å². The zero-order valence-electron chi connectivity index (χ0n) is 18.1. The van der Waals surface area contributed by atoms with E-state index in [4.69, 9.17) is 0 Å². The molecule has 0 spiro atoms. The summed E-state index contributed by atoms with van der Waals surface area (Å²) < 4.78 is 0. The molecule has 1 heterocycles. The van der Waals surface area contributed by atoms with Gasteiger partial charge in [0.1, 0.15) is 12.6 Å². The molecular formula is C27H26N2O2. The molecule has 4 heteroatoms. The highest BCUT2D eigenvalue weighted by atomic mass is 16.2. The first kappa shape index (κ1) is 20.6. The minimum absolute atomic E-state index is 0.0205. The molecule has 0 aliphatic carbocycles. The summed E-state index contributed by atoms with van der Waals surface area (Å²) >= 11 is 0. The van der Waals surface area contributed by atoms with Crippen molar-refractivity contribution in [1.29, 1.82) is 0 Å². The Labute approximate surface area is 183 Å². The third-order valence-corrected chi connectivity index (χ3v) is 5.66. The van der Waals surface area contributed by atoms with Crippen molar-refractivity contribution in [3.8, 4) is 0 Å². The monoisotopic (exact) mass is 410 g/mol. The number of anilines is 2. The minimum Gasteiger partial charge on any atom is -0.301 e. The number of para-hydroxylation sites is 1. The molecule has 156 valence electrons. The van der Waals surface area contributed by atoms with Crippen LogP contribution in [0, 0.1) is 13.8 Å². The Kier molecular flexibility index (Phi) is 5.72.